The lowest BCUT2D eigenvalue weighted by Crippen LogP contribution is -2.03. The van der Waals surface area contributed by atoms with E-state index in [9.17, 15) is 9.18 Å². The molecule has 0 saturated heterocycles. The molecule has 0 aliphatic carbocycles. The van der Waals surface area contributed by atoms with Crippen LogP contribution in [0.3, 0.4) is 0 Å². The van der Waals surface area contributed by atoms with Gasteiger partial charge in [-0.15, -0.1) is 0 Å². The van der Waals surface area contributed by atoms with Crippen LogP contribution >= 0.6 is 39.1 Å². The topological polar surface area (TPSA) is 17.1 Å². The fourth-order valence-corrected chi connectivity index (χ4v) is 2.37. The second kappa shape index (κ2) is 5.39. The molecule has 1 nitrogen and oxygen atoms in total. The lowest BCUT2D eigenvalue weighted by molar-refractivity contribution is 0.103. The Morgan fingerprint density at radius 3 is 2.56 bits per heavy atom. The normalized spacial score (nSPS) is 10.4. The van der Waals surface area contributed by atoms with Crippen LogP contribution in [0, 0.1) is 5.82 Å². The Labute approximate surface area is 122 Å². The molecular formula is C13H6BrCl2FO. The first-order chi connectivity index (χ1) is 8.49. The summed E-state index contributed by atoms with van der Waals surface area (Å²) in [4.78, 5) is 12.2. The van der Waals surface area contributed by atoms with Gasteiger partial charge >= 0.3 is 0 Å². The molecule has 0 saturated carbocycles. The third kappa shape index (κ3) is 2.74. The largest absolute Gasteiger partial charge is 0.289 e. The minimum absolute atomic E-state index is 0.171. The summed E-state index contributed by atoms with van der Waals surface area (Å²) in [6.45, 7) is 0. The zero-order chi connectivity index (χ0) is 13.3. The molecule has 0 atom stereocenters. The van der Waals surface area contributed by atoms with E-state index in [1.807, 2.05) is 0 Å². The second-order valence-electron chi connectivity index (χ2n) is 3.59. The van der Waals surface area contributed by atoms with Crippen molar-refractivity contribution >= 4 is 44.9 Å². The molecule has 0 aliphatic heterocycles. The molecule has 0 spiro atoms. The van der Waals surface area contributed by atoms with Crippen molar-refractivity contribution in [2.24, 2.45) is 0 Å². The standard InChI is InChI=1S/C13H6BrCl2FO/c14-8-4-7(5-9(17)6-8)13(18)10-2-1-3-11(15)12(10)16/h1-6H. The highest BCUT2D eigenvalue weighted by atomic mass is 79.9. The molecule has 0 heterocycles. The highest BCUT2D eigenvalue weighted by Crippen LogP contribution is 2.28. The predicted octanol–water partition coefficient (Wildman–Crippen LogP) is 5.13. The van der Waals surface area contributed by atoms with Gasteiger partial charge in [-0.3, -0.25) is 4.79 Å². The summed E-state index contributed by atoms with van der Waals surface area (Å²) in [7, 11) is 0. The van der Waals surface area contributed by atoms with Gasteiger partial charge in [-0.2, -0.15) is 0 Å². The van der Waals surface area contributed by atoms with E-state index >= 15 is 0 Å². The van der Waals surface area contributed by atoms with Crippen LogP contribution < -0.4 is 0 Å². The van der Waals surface area contributed by atoms with Crippen LogP contribution in [0.15, 0.2) is 40.9 Å². The predicted molar refractivity (Wildman–Crippen MR) is 74.0 cm³/mol. The van der Waals surface area contributed by atoms with Crippen molar-refractivity contribution < 1.29 is 9.18 Å². The molecule has 0 bridgehead atoms. The van der Waals surface area contributed by atoms with Gasteiger partial charge in [0, 0.05) is 15.6 Å². The van der Waals surface area contributed by atoms with Crippen molar-refractivity contribution in [2.45, 2.75) is 0 Å². The molecule has 0 unspecified atom stereocenters. The van der Waals surface area contributed by atoms with Crippen LogP contribution in [0.5, 0.6) is 0 Å². The summed E-state index contributed by atoms with van der Waals surface area (Å²) in [6.07, 6.45) is 0. The van der Waals surface area contributed by atoms with E-state index in [2.05, 4.69) is 15.9 Å². The molecule has 18 heavy (non-hydrogen) atoms. The number of rotatable bonds is 2. The zero-order valence-corrected chi connectivity index (χ0v) is 12.0. The van der Waals surface area contributed by atoms with Gasteiger partial charge in [0.2, 0.25) is 0 Å². The molecule has 0 radical (unpaired) electrons. The van der Waals surface area contributed by atoms with Gasteiger partial charge < -0.3 is 0 Å². The number of hydrogen-bond donors (Lipinski definition) is 0. The number of halogens is 4. The van der Waals surface area contributed by atoms with E-state index in [1.54, 1.807) is 18.2 Å². The Balaban J connectivity index is 2.51. The minimum Gasteiger partial charge on any atom is -0.289 e. The molecule has 2 aromatic rings. The Kier molecular flexibility index (Phi) is 4.05. The maximum atomic E-state index is 13.2. The van der Waals surface area contributed by atoms with Crippen LogP contribution in [-0.2, 0) is 0 Å². The van der Waals surface area contributed by atoms with Crippen molar-refractivity contribution in [1.29, 1.82) is 0 Å². The highest BCUT2D eigenvalue weighted by Gasteiger charge is 2.15. The number of ketones is 1. The lowest BCUT2D eigenvalue weighted by Gasteiger charge is -2.05. The number of carbonyl (C=O) groups excluding carboxylic acids is 1. The molecule has 2 aromatic carbocycles. The van der Waals surface area contributed by atoms with Gasteiger partial charge in [-0.25, -0.2) is 4.39 Å². The molecule has 0 N–H and O–H groups in total. The zero-order valence-electron chi connectivity index (χ0n) is 8.88. The van der Waals surface area contributed by atoms with Gasteiger partial charge in [-0.05, 0) is 30.3 Å². The number of benzene rings is 2. The lowest BCUT2D eigenvalue weighted by atomic mass is 10.0. The molecular weight excluding hydrogens is 342 g/mol. The maximum Gasteiger partial charge on any atom is 0.194 e. The molecule has 92 valence electrons. The summed E-state index contributed by atoms with van der Waals surface area (Å²) in [5.74, 6) is -0.867. The van der Waals surface area contributed by atoms with Crippen LogP contribution in [0.1, 0.15) is 15.9 Å². The molecule has 5 heteroatoms. The van der Waals surface area contributed by atoms with E-state index in [1.165, 1.54) is 12.1 Å². The molecule has 2 rings (SSSR count). The smallest absolute Gasteiger partial charge is 0.194 e. The number of hydrogen-bond acceptors (Lipinski definition) is 1. The molecule has 0 aromatic heterocycles. The Morgan fingerprint density at radius 2 is 1.89 bits per heavy atom. The first-order valence-electron chi connectivity index (χ1n) is 4.94. The van der Waals surface area contributed by atoms with Crippen molar-refractivity contribution in [3.63, 3.8) is 0 Å². The highest BCUT2D eigenvalue weighted by molar-refractivity contribution is 9.10. The SMILES string of the molecule is O=C(c1cc(F)cc(Br)c1)c1cccc(Cl)c1Cl. The molecule has 0 fully saturated rings. The average Bonchev–Trinajstić information content (AvgIpc) is 2.30. The minimum atomic E-state index is -0.495. The summed E-state index contributed by atoms with van der Waals surface area (Å²) in [5, 5.41) is 0.461. The van der Waals surface area contributed by atoms with Crippen LogP contribution in [0.4, 0.5) is 4.39 Å². The van der Waals surface area contributed by atoms with Crippen LogP contribution in [0.2, 0.25) is 10.0 Å². The molecule has 0 amide bonds. The summed E-state index contributed by atoms with van der Waals surface area (Å²) < 4.78 is 13.7. The average molecular weight is 348 g/mol. The Morgan fingerprint density at radius 1 is 1.17 bits per heavy atom. The van der Waals surface area contributed by atoms with E-state index < -0.39 is 5.82 Å². The third-order valence-corrected chi connectivity index (χ3v) is 3.60. The van der Waals surface area contributed by atoms with Crippen LogP contribution in [-0.4, -0.2) is 5.78 Å². The fraction of sp³-hybridized carbons (Fsp3) is 0. The fourth-order valence-electron chi connectivity index (χ4n) is 1.52. The number of carbonyl (C=O) groups is 1. The van der Waals surface area contributed by atoms with Gasteiger partial charge in [0.1, 0.15) is 5.82 Å². The molecule has 0 aliphatic rings. The van der Waals surface area contributed by atoms with E-state index in [0.29, 0.717) is 4.47 Å². The first-order valence-corrected chi connectivity index (χ1v) is 6.49. The van der Waals surface area contributed by atoms with Crippen molar-refractivity contribution in [3.05, 3.63) is 67.9 Å². The Bertz CT molecular complexity index is 608. The van der Waals surface area contributed by atoms with Gasteiger partial charge in [0.05, 0.1) is 10.0 Å². The summed E-state index contributed by atoms with van der Waals surface area (Å²) in [5.41, 5.74) is 0.465. The van der Waals surface area contributed by atoms with Gasteiger partial charge in [-0.1, -0.05) is 45.2 Å². The quantitative estimate of drug-likeness (QED) is 0.688. The second-order valence-corrected chi connectivity index (χ2v) is 5.29. The van der Waals surface area contributed by atoms with Crippen molar-refractivity contribution in [3.8, 4) is 0 Å². The van der Waals surface area contributed by atoms with Crippen molar-refractivity contribution in [1.82, 2.24) is 0 Å². The van der Waals surface area contributed by atoms with Gasteiger partial charge in [0.25, 0.3) is 0 Å². The van der Waals surface area contributed by atoms with E-state index in [-0.39, 0.29) is 27.0 Å². The van der Waals surface area contributed by atoms with Crippen LogP contribution in [0.25, 0.3) is 0 Å². The van der Waals surface area contributed by atoms with E-state index in [0.717, 1.165) is 6.07 Å². The van der Waals surface area contributed by atoms with E-state index in [4.69, 9.17) is 23.2 Å². The maximum absolute atomic E-state index is 13.2. The monoisotopic (exact) mass is 346 g/mol. The van der Waals surface area contributed by atoms with Gasteiger partial charge in [0.15, 0.2) is 5.78 Å². The Hall–Kier alpha value is -0.900. The third-order valence-electron chi connectivity index (χ3n) is 2.32. The summed E-state index contributed by atoms with van der Waals surface area (Å²) in [6, 6.07) is 8.72. The summed E-state index contributed by atoms with van der Waals surface area (Å²) >= 11 is 14.9. The first kappa shape index (κ1) is 13.5. The van der Waals surface area contributed by atoms with Crippen molar-refractivity contribution in [2.75, 3.05) is 0 Å².